The Kier molecular flexibility index (Phi) is 3.11. The standard InChI is InChI=1S/C6HBr3F2O/c7-1-4(10)2(8)6(12)3(9)5(1)11/h12H. The Morgan fingerprint density at radius 1 is 0.833 bits per heavy atom. The van der Waals surface area contributed by atoms with Crippen molar-refractivity contribution in [3.63, 3.8) is 0 Å². The van der Waals surface area contributed by atoms with Crippen molar-refractivity contribution in [2.45, 2.75) is 0 Å². The van der Waals surface area contributed by atoms with Crippen LogP contribution in [0.1, 0.15) is 0 Å². The Hall–Kier alpha value is 0.320. The van der Waals surface area contributed by atoms with E-state index < -0.39 is 17.4 Å². The third-order valence-corrected chi connectivity index (χ3v) is 3.33. The molecule has 0 saturated heterocycles. The van der Waals surface area contributed by atoms with Gasteiger partial charge in [0, 0.05) is 0 Å². The molecule has 0 amide bonds. The first-order chi connectivity index (χ1) is 5.46. The van der Waals surface area contributed by atoms with Crippen LogP contribution in [0.15, 0.2) is 13.4 Å². The lowest BCUT2D eigenvalue weighted by molar-refractivity contribution is 0.448. The van der Waals surface area contributed by atoms with Crippen LogP contribution in [0.25, 0.3) is 0 Å². The van der Waals surface area contributed by atoms with Crippen LogP contribution in [0.5, 0.6) is 5.75 Å². The number of benzene rings is 1. The molecule has 12 heavy (non-hydrogen) atoms. The molecule has 0 bridgehead atoms. The van der Waals surface area contributed by atoms with Gasteiger partial charge < -0.3 is 5.11 Å². The number of hydrogen-bond acceptors (Lipinski definition) is 1. The predicted octanol–water partition coefficient (Wildman–Crippen LogP) is 3.96. The Morgan fingerprint density at radius 2 is 1.17 bits per heavy atom. The first kappa shape index (κ1) is 10.4. The van der Waals surface area contributed by atoms with Crippen LogP contribution < -0.4 is 0 Å². The number of phenols is 1. The van der Waals surface area contributed by atoms with Crippen LogP contribution in [0.4, 0.5) is 8.78 Å². The zero-order valence-electron chi connectivity index (χ0n) is 5.34. The van der Waals surface area contributed by atoms with E-state index in [4.69, 9.17) is 5.11 Å². The third kappa shape index (κ3) is 1.52. The van der Waals surface area contributed by atoms with Crippen molar-refractivity contribution in [1.29, 1.82) is 0 Å². The SMILES string of the molecule is Oc1c(Br)c(F)c(Br)c(F)c1Br. The molecule has 0 fully saturated rings. The molecule has 0 aliphatic rings. The lowest BCUT2D eigenvalue weighted by Crippen LogP contribution is -1.89. The third-order valence-electron chi connectivity index (χ3n) is 1.19. The van der Waals surface area contributed by atoms with E-state index in [1.165, 1.54) is 0 Å². The van der Waals surface area contributed by atoms with E-state index in [1.54, 1.807) is 0 Å². The molecule has 0 aromatic heterocycles. The highest BCUT2D eigenvalue weighted by molar-refractivity contribution is 9.11. The van der Waals surface area contributed by atoms with Crippen molar-refractivity contribution >= 4 is 47.8 Å². The maximum Gasteiger partial charge on any atom is 0.158 e. The highest BCUT2D eigenvalue weighted by atomic mass is 79.9. The maximum atomic E-state index is 12.9. The monoisotopic (exact) mass is 364 g/mol. The van der Waals surface area contributed by atoms with Gasteiger partial charge in [-0.25, -0.2) is 8.78 Å². The molecule has 0 aliphatic carbocycles. The van der Waals surface area contributed by atoms with Crippen molar-refractivity contribution in [3.8, 4) is 5.75 Å². The van der Waals surface area contributed by atoms with Crippen molar-refractivity contribution in [3.05, 3.63) is 25.1 Å². The van der Waals surface area contributed by atoms with Crippen LogP contribution in [0.3, 0.4) is 0 Å². The topological polar surface area (TPSA) is 20.2 Å². The maximum absolute atomic E-state index is 12.9. The summed E-state index contributed by atoms with van der Waals surface area (Å²) in [6, 6.07) is 0. The highest BCUT2D eigenvalue weighted by Crippen LogP contribution is 2.40. The van der Waals surface area contributed by atoms with Gasteiger partial charge in [0.1, 0.15) is 5.75 Å². The molecular weight excluding hydrogens is 366 g/mol. The molecule has 0 heterocycles. The summed E-state index contributed by atoms with van der Waals surface area (Å²) in [5.41, 5.74) is 0. The molecule has 0 aliphatic heterocycles. The number of halogens is 5. The van der Waals surface area contributed by atoms with Crippen molar-refractivity contribution in [2.24, 2.45) is 0 Å². The summed E-state index contributed by atoms with van der Waals surface area (Å²) in [5, 5.41) is 9.10. The second-order valence-corrected chi connectivity index (χ2v) is 4.30. The quantitative estimate of drug-likeness (QED) is 0.544. The molecule has 1 aromatic rings. The highest BCUT2D eigenvalue weighted by Gasteiger charge is 2.19. The first-order valence-electron chi connectivity index (χ1n) is 2.67. The van der Waals surface area contributed by atoms with Crippen LogP contribution in [-0.2, 0) is 0 Å². The molecule has 0 saturated carbocycles. The van der Waals surface area contributed by atoms with E-state index in [9.17, 15) is 8.78 Å². The summed E-state index contributed by atoms with van der Waals surface area (Å²) in [4.78, 5) is 0. The van der Waals surface area contributed by atoms with E-state index >= 15 is 0 Å². The average molecular weight is 367 g/mol. The van der Waals surface area contributed by atoms with Gasteiger partial charge in [-0.05, 0) is 47.8 Å². The summed E-state index contributed by atoms with van der Waals surface area (Å²) in [5.74, 6) is -2.23. The second-order valence-electron chi connectivity index (χ2n) is 1.92. The number of hydrogen-bond donors (Lipinski definition) is 1. The van der Waals surface area contributed by atoms with Gasteiger partial charge in [-0.15, -0.1) is 0 Å². The number of aromatic hydroxyl groups is 1. The fraction of sp³-hybridized carbons (Fsp3) is 0. The molecular formula is C6HBr3F2O. The molecule has 1 rings (SSSR count). The van der Waals surface area contributed by atoms with Crippen LogP contribution in [-0.4, -0.2) is 5.11 Å². The molecule has 0 atom stereocenters. The lowest BCUT2D eigenvalue weighted by Gasteiger charge is -2.05. The Balaban J connectivity index is 3.60. The summed E-state index contributed by atoms with van der Waals surface area (Å²) >= 11 is 8.22. The van der Waals surface area contributed by atoms with E-state index in [1.807, 2.05) is 0 Å². The summed E-state index contributed by atoms with van der Waals surface area (Å²) in [7, 11) is 0. The predicted molar refractivity (Wildman–Crippen MR) is 51.1 cm³/mol. The number of rotatable bonds is 0. The van der Waals surface area contributed by atoms with E-state index in [2.05, 4.69) is 47.8 Å². The largest absolute Gasteiger partial charge is 0.505 e. The zero-order chi connectivity index (χ0) is 9.46. The van der Waals surface area contributed by atoms with E-state index in [-0.39, 0.29) is 13.4 Å². The Labute approximate surface area is 92.2 Å². The Bertz CT molecular complexity index is 235. The lowest BCUT2D eigenvalue weighted by atomic mass is 10.3. The fourth-order valence-electron chi connectivity index (χ4n) is 0.593. The van der Waals surface area contributed by atoms with Gasteiger partial charge >= 0.3 is 0 Å². The molecule has 66 valence electrons. The van der Waals surface area contributed by atoms with E-state index in [0.29, 0.717) is 0 Å². The van der Waals surface area contributed by atoms with Crippen LogP contribution >= 0.6 is 47.8 Å². The minimum absolute atomic E-state index is 0.178. The zero-order valence-corrected chi connectivity index (χ0v) is 10.1. The van der Waals surface area contributed by atoms with Crippen molar-refractivity contribution < 1.29 is 13.9 Å². The summed E-state index contributed by atoms with van der Waals surface area (Å²) in [6.45, 7) is 0. The van der Waals surface area contributed by atoms with Gasteiger partial charge in [0.2, 0.25) is 0 Å². The van der Waals surface area contributed by atoms with Gasteiger partial charge in [0.25, 0.3) is 0 Å². The molecule has 1 aromatic carbocycles. The normalized spacial score (nSPS) is 10.4. The molecule has 0 radical (unpaired) electrons. The average Bonchev–Trinajstić information content (AvgIpc) is 2.08. The molecule has 1 N–H and O–H groups in total. The molecule has 0 unspecified atom stereocenters. The fourth-order valence-corrected chi connectivity index (χ4v) is 2.58. The second kappa shape index (κ2) is 3.59. The van der Waals surface area contributed by atoms with Gasteiger partial charge in [-0.1, -0.05) is 0 Å². The number of phenolic OH excluding ortho intramolecular Hbond substituents is 1. The van der Waals surface area contributed by atoms with Crippen LogP contribution in [0.2, 0.25) is 0 Å². The first-order valence-corrected chi connectivity index (χ1v) is 5.05. The molecule has 6 heteroatoms. The van der Waals surface area contributed by atoms with Crippen LogP contribution in [0, 0.1) is 11.6 Å². The van der Waals surface area contributed by atoms with Gasteiger partial charge in [-0.3, -0.25) is 0 Å². The van der Waals surface area contributed by atoms with E-state index in [0.717, 1.165) is 0 Å². The van der Waals surface area contributed by atoms with Gasteiger partial charge in [0.05, 0.1) is 13.4 Å². The summed E-state index contributed by atoms with van der Waals surface area (Å²) < 4.78 is 25.2. The van der Waals surface area contributed by atoms with Crippen molar-refractivity contribution in [2.75, 3.05) is 0 Å². The minimum atomic E-state index is -0.867. The minimum Gasteiger partial charge on any atom is -0.505 e. The molecule has 0 spiro atoms. The molecule has 1 nitrogen and oxygen atoms in total. The summed E-state index contributed by atoms with van der Waals surface area (Å²) in [6.07, 6.45) is 0. The smallest absolute Gasteiger partial charge is 0.158 e. The van der Waals surface area contributed by atoms with Gasteiger partial charge in [0.15, 0.2) is 11.6 Å². The van der Waals surface area contributed by atoms with Crippen molar-refractivity contribution in [1.82, 2.24) is 0 Å². The van der Waals surface area contributed by atoms with Gasteiger partial charge in [-0.2, -0.15) is 0 Å². The Morgan fingerprint density at radius 3 is 1.50 bits per heavy atom.